The van der Waals surface area contributed by atoms with E-state index in [0.717, 1.165) is 12.1 Å². The van der Waals surface area contributed by atoms with Gasteiger partial charge < -0.3 is 60.5 Å². The third-order valence-corrected chi connectivity index (χ3v) is 4.54. The Bertz CT molecular complexity index is 1010. The second-order valence-electron chi connectivity index (χ2n) is 7.00. The summed E-state index contributed by atoms with van der Waals surface area (Å²) >= 11 is 0. The van der Waals surface area contributed by atoms with E-state index < -0.39 is 95.2 Å². The predicted molar refractivity (Wildman–Crippen MR) is 107 cm³/mol. The molecule has 0 aromatic heterocycles. The lowest BCUT2D eigenvalue weighted by atomic mass is 10.0. The van der Waals surface area contributed by atoms with Crippen molar-refractivity contribution in [2.24, 2.45) is 0 Å². The van der Waals surface area contributed by atoms with Crippen molar-refractivity contribution >= 4 is 11.9 Å². The Balaban J connectivity index is 2.19. The quantitative estimate of drug-likeness (QED) is 0.141. The molecule has 0 saturated heterocycles. The molecule has 34 heavy (non-hydrogen) atoms. The predicted octanol–water partition coefficient (Wildman–Crippen LogP) is -1.62. The van der Waals surface area contributed by atoms with Crippen LogP contribution in [0.2, 0.25) is 0 Å². The number of phenolic OH excluding ortho intramolecular Hbond substituents is 6. The van der Waals surface area contributed by atoms with Gasteiger partial charge in [0.1, 0.15) is 24.9 Å². The molecule has 0 bridgehead atoms. The Morgan fingerprint density at radius 2 is 1.12 bits per heavy atom. The highest BCUT2D eigenvalue weighted by Crippen LogP contribution is 2.36. The second-order valence-corrected chi connectivity index (χ2v) is 7.00. The van der Waals surface area contributed by atoms with Gasteiger partial charge in [0.25, 0.3) is 0 Å². The number of phenols is 6. The normalized spacial score (nSPS) is 14.6. The van der Waals surface area contributed by atoms with Crippen LogP contribution >= 0.6 is 0 Å². The zero-order chi connectivity index (χ0) is 25.7. The number of aromatic hydroxyl groups is 6. The van der Waals surface area contributed by atoms with Crippen LogP contribution in [0.5, 0.6) is 34.5 Å². The number of aliphatic hydroxyl groups is 4. The Labute approximate surface area is 190 Å². The van der Waals surface area contributed by atoms with Gasteiger partial charge in [-0.15, -0.1) is 0 Å². The van der Waals surface area contributed by atoms with Gasteiger partial charge in [0.2, 0.25) is 0 Å². The molecule has 2 aromatic rings. The number of rotatable bonds is 9. The van der Waals surface area contributed by atoms with Crippen LogP contribution in [-0.4, -0.2) is 101 Å². The standard InChI is InChI=1S/C20H22O14/c21-5-13(26)17(30)18(34-20(32)8-3-11(24)16(29)12(25)4-8)14(27)6-33-19(31)7-1-9(22)15(28)10(23)2-7/h1-4,13-14,17-18,21-30H,5-6H2/t13-,14+,17-,18-/m1/s1. The Morgan fingerprint density at radius 1 is 0.706 bits per heavy atom. The molecule has 2 rings (SSSR count). The van der Waals surface area contributed by atoms with Gasteiger partial charge in [0.15, 0.2) is 40.6 Å². The van der Waals surface area contributed by atoms with Gasteiger partial charge in [-0.1, -0.05) is 0 Å². The van der Waals surface area contributed by atoms with Crippen molar-refractivity contribution in [2.45, 2.75) is 24.4 Å². The Hall–Kier alpha value is -3.98. The zero-order valence-corrected chi connectivity index (χ0v) is 17.1. The van der Waals surface area contributed by atoms with Crippen LogP contribution in [0.25, 0.3) is 0 Å². The van der Waals surface area contributed by atoms with Crippen LogP contribution in [0.15, 0.2) is 24.3 Å². The number of hydrogen-bond donors (Lipinski definition) is 10. The van der Waals surface area contributed by atoms with E-state index in [1.165, 1.54) is 0 Å². The van der Waals surface area contributed by atoms with Crippen molar-refractivity contribution in [1.82, 2.24) is 0 Å². The average molecular weight is 486 g/mol. The number of hydrogen-bond acceptors (Lipinski definition) is 14. The molecule has 0 fully saturated rings. The number of ether oxygens (including phenoxy) is 2. The van der Waals surface area contributed by atoms with E-state index in [9.17, 15) is 55.5 Å². The van der Waals surface area contributed by atoms with E-state index in [-0.39, 0.29) is 0 Å². The molecule has 0 heterocycles. The number of carbonyl (C=O) groups excluding carboxylic acids is 2. The van der Waals surface area contributed by atoms with E-state index in [1.54, 1.807) is 0 Å². The second kappa shape index (κ2) is 10.8. The van der Waals surface area contributed by atoms with Crippen LogP contribution in [-0.2, 0) is 9.47 Å². The van der Waals surface area contributed by atoms with Gasteiger partial charge in [-0.3, -0.25) is 0 Å². The Kier molecular flexibility index (Phi) is 8.31. The summed E-state index contributed by atoms with van der Waals surface area (Å²) in [6, 6.07) is 2.88. The topological polar surface area (TPSA) is 255 Å². The van der Waals surface area contributed by atoms with Crippen LogP contribution in [0.1, 0.15) is 20.7 Å². The molecule has 4 atom stereocenters. The minimum atomic E-state index is -2.11. The number of benzene rings is 2. The molecule has 0 radical (unpaired) electrons. The SMILES string of the molecule is O=C(OC[C@H](O)[C@@H](OC(=O)c1cc(O)c(O)c(O)c1)[C@H](O)[C@H](O)CO)c1cc(O)c(O)c(O)c1. The fraction of sp³-hybridized carbons (Fsp3) is 0.300. The molecule has 14 heteroatoms. The highest BCUT2D eigenvalue weighted by atomic mass is 16.6. The van der Waals surface area contributed by atoms with Gasteiger partial charge in [-0.05, 0) is 24.3 Å². The van der Waals surface area contributed by atoms with Gasteiger partial charge in [-0.25, -0.2) is 9.59 Å². The minimum absolute atomic E-state index is 0.445. The van der Waals surface area contributed by atoms with Crippen LogP contribution in [0, 0.1) is 0 Å². The van der Waals surface area contributed by atoms with E-state index in [1.807, 2.05) is 0 Å². The maximum absolute atomic E-state index is 12.4. The maximum atomic E-state index is 12.4. The summed E-state index contributed by atoms with van der Waals surface area (Å²) < 4.78 is 9.68. The highest BCUT2D eigenvalue weighted by Gasteiger charge is 2.36. The van der Waals surface area contributed by atoms with Crippen LogP contribution in [0.4, 0.5) is 0 Å². The van der Waals surface area contributed by atoms with Crippen molar-refractivity contribution in [1.29, 1.82) is 0 Å². The third-order valence-electron chi connectivity index (χ3n) is 4.54. The molecule has 0 unspecified atom stereocenters. The number of aliphatic hydroxyl groups excluding tert-OH is 4. The summed E-state index contributed by atoms with van der Waals surface area (Å²) in [5.41, 5.74) is -0.984. The molecule has 2 aromatic carbocycles. The summed E-state index contributed by atoms with van der Waals surface area (Å²) in [7, 11) is 0. The Morgan fingerprint density at radius 3 is 1.53 bits per heavy atom. The van der Waals surface area contributed by atoms with Crippen molar-refractivity contribution < 1.29 is 70.1 Å². The summed E-state index contributed by atoms with van der Waals surface area (Å²) in [6.45, 7) is -1.99. The van der Waals surface area contributed by atoms with Crippen molar-refractivity contribution in [3.05, 3.63) is 35.4 Å². The number of carbonyl (C=O) groups is 2. The van der Waals surface area contributed by atoms with Crippen molar-refractivity contribution in [2.75, 3.05) is 13.2 Å². The van der Waals surface area contributed by atoms with Crippen molar-refractivity contribution in [3.63, 3.8) is 0 Å². The summed E-state index contributed by atoms with van der Waals surface area (Å²) in [5.74, 6) is -7.89. The molecular formula is C20H22O14. The fourth-order valence-corrected chi connectivity index (χ4v) is 2.68. The van der Waals surface area contributed by atoms with E-state index in [4.69, 9.17) is 14.6 Å². The van der Waals surface area contributed by atoms with E-state index >= 15 is 0 Å². The van der Waals surface area contributed by atoms with Gasteiger partial charge in [0.05, 0.1) is 17.7 Å². The molecule has 186 valence electrons. The molecule has 0 aliphatic rings. The summed E-state index contributed by atoms with van der Waals surface area (Å²) in [6.07, 6.45) is -8.07. The molecule has 14 nitrogen and oxygen atoms in total. The zero-order valence-electron chi connectivity index (χ0n) is 17.1. The highest BCUT2D eigenvalue weighted by molar-refractivity contribution is 5.92. The first-order valence-corrected chi connectivity index (χ1v) is 9.40. The molecular weight excluding hydrogens is 464 g/mol. The molecule has 10 N–H and O–H groups in total. The fourth-order valence-electron chi connectivity index (χ4n) is 2.68. The van der Waals surface area contributed by atoms with Crippen LogP contribution < -0.4 is 0 Å². The van der Waals surface area contributed by atoms with Crippen molar-refractivity contribution in [3.8, 4) is 34.5 Å². The number of esters is 2. The van der Waals surface area contributed by atoms with E-state index in [2.05, 4.69) is 0 Å². The lowest BCUT2D eigenvalue weighted by Gasteiger charge is -2.29. The first-order chi connectivity index (χ1) is 15.9. The smallest absolute Gasteiger partial charge is 0.338 e. The lowest BCUT2D eigenvalue weighted by Crippen LogP contribution is -2.50. The largest absolute Gasteiger partial charge is 0.504 e. The van der Waals surface area contributed by atoms with Crippen LogP contribution in [0.3, 0.4) is 0 Å². The van der Waals surface area contributed by atoms with E-state index in [0.29, 0.717) is 12.1 Å². The third kappa shape index (κ3) is 5.87. The molecule has 0 saturated carbocycles. The van der Waals surface area contributed by atoms with Gasteiger partial charge in [-0.2, -0.15) is 0 Å². The molecule has 0 aliphatic carbocycles. The summed E-state index contributed by atoms with van der Waals surface area (Å²) in [4.78, 5) is 24.5. The summed E-state index contributed by atoms with van der Waals surface area (Å²) in [5, 5.41) is 95.9. The minimum Gasteiger partial charge on any atom is -0.504 e. The first-order valence-electron chi connectivity index (χ1n) is 9.40. The molecule has 0 spiro atoms. The average Bonchev–Trinajstić information content (AvgIpc) is 2.80. The van der Waals surface area contributed by atoms with Gasteiger partial charge >= 0.3 is 11.9 Å². The lowest BCUT2D eigenvalue weighted by molar-refractivity contribution is -0.129. The first kappa shape index (κ1) is 26.3. The monoisotopic (exact) mass is 486 g/mol. The van der Waals surface area contributed by atoms with Gasteiger partial charge in [0, 0.05) is 0 Å². The molecule has 0 aliphatic heterocycles. The maximum Gasteiger partial charge on any atom is 0.338 e. The molecule has 0 amide bonds.